The minimum atomic E-state index is 0.0665. The number of rotatable bonds is 3. The van der Waals surface area contributed by atoms with Gasteiger partial charge in [0.05, 0.1) is 6.04 Å². The molecule has 4 heteroatoms. The van der Waals surface area contributed by atoms with E-state index in [1.54, 1.807) is 0 Å². The molecule has 1 N–H and O–H groups in total. The monoisotopic (exact) mass is 296 g/mol. The number of nitrogens with one attached hydrogen (secondary N) is 1. The molecule has 114 valence electrons. The van der Waals surface area contributed by atoms with Gasteiger partial charge in [0.15, 0.2) is 0 Å². The molecule has 4 unspecified atom stereocenters. The van der Waals surface area contributed by atoms with Crippen LogP contribution in [0.4, 0.5) is 0 Å². The molecule has 0 radical (unpaired) electrons. The minimum absolute atomic E-state index is 0.0665. The van der Waals surface area contributed by atoms with Crippen molar-refractivity contribution >= 4 is 17.7 Å². The summed E-state index contributed by atoms with van der Waals surface area (Å²) in [6, 6.07) is 0.615. The molecule has 0 aromatic carbocycles. The number of likely N-dealkylation sites (tertiary alicyclic amines) is 1. The van der Waals surface area contributed by atoms with Crippen molar-refractivity contribution in [2.75, 3.05) is 25.1 Å². The van der Waals surface area contributed by atoms with E-state index in [2.05, 4.69) is 22.0 Å². The molecule has 20 heavy (non-hydrogen) atoms. The van der Waals surface area contributed by atoms with Crippen molar-refractivity contribution in [2.45, 2.75) is 57.0 Å². The molecule has 0 spiro atoms. The van der Waals surface area contributed by atoms with Gasteiger partial charge in [0.1, 0.15) is 0 Å². The number of carbonyl (C=O) groups excluding carboxylic acids is 1. The highest BCUT2D eigenvalue weighted by atomic mass is 32.2. The number of hydrogen-bond donors (Lipinski definition) is 1. The fourth-order valence-electron chi connectivity index (χ4n) is 4.35. The number of thioether (sulfide) groups is 1. The van der Waals surface area contributed by atoms with Crippen LogP contribution in [0.25, 0.3) is 0 Å². The average molecular weight is 296 g/mol. The summed E-state index contributed by atoms with van der Waals surface area (Å²) in [4.78, 5) is 15.1. The lowest BCUT2D eigenvalue weighted by molar-refractivity contribution is -0.136. The predicted octanol–water partition coefficient (Wildman–Crippen LogP) is 2.51. The van der Waals surface area contributed by atoms with Crippen LogP contribution in [0.3, 0.4) is 0 Å². The van der Waals surface area contributed by atoms with Crippen LogP contribution in [0.15, 0.2) is 0 Å². The molecule has 2 saturated heterocycles. The van der Waals surface area contributed by atoms with E-state index in [0.29, 0.717) is 11.9 Å². The van der Waals surface area contributed by atoms with Gasteiger partial charge in [-0.25, -0.2) is 0 Å². The number of carbonyl (C=O) groups is 1. The normalized spacial score (nSPS) is 38.6. The lowest BCUT2D eigenvalue weighted by Crippen LogP contribution is -2.50. The van der Waals surface area contributed by atoms with E-state index in [0.717, 1.165) is 24.8 Å². The molecule has 1 amide bonds. The summed E-state index contributed by atoms with van der Waals surface area (Å²) >= 11 is 2.08. The molecule has 3 fully saturated rings. The molecule has 2 heterocycles. The van der Waals surface area contributed by atoms with Gasteiger partial charge in [-0.15, -0.1) is 0 Å². The van der Waals surface area contributed by atoms with Gasteiger partial charge >= 0.3 is 0 Å². The molecule has 1 saturated carbocycles. The van der Waals surface area contributed by atoms with Crippen LogP contribution in [-0.2, 0) is 4.79 Å². The maximum Gasteiger partial charge on any atom is 0.239 e. The van der Waals surface area contributed by atoms with Crippen molar-refractivity contribution in [3.8, 4) is 0 Å². The molecule has 1 aliphatic carbocycles. The molecular weight excluding hydrogens is 268 g/mol. The third-order valence-electron chi connectivity index (χ3n) is 5.48. The van der Waals surface area contributed by atoms with Crippen LogP contribution >= 0.6 is 11.8 Å². The van der Waals surface area contributed by atoms with E-state index in [1.807, 2.05) is 7.05 Å². The van der Waals surface area contributed by atoms with Gasteiger partial charge in [0.2, 0.25) is 5.91 Å². The average Bonchev–Trinajstić information content (AvgIpc) is 2.90. The van der Waals surface area contributed by atoms with E-state index in [4.69, 9.17) is 0 Å². The van der Waals surface area contributed by atoms with E-state index in [-0.39, 0.29) is 6.04 Å². The number of amides is 1. The topological polar surface area (TPSA) is 32.3 Å². The van der Waals surface area contributed by atoms with Crippen molar-refractivity contribution in [1.82, 2.24) is 10.2 Å². The summed E-state index contributed by atoms with van der Waals surface area (Å²) in [5, 5.41) is 3.25. The highest BCUT2D eigenvalue weighted by molar-refractivity contribution is 7.99. The predicted molar refractivity (Wildman–Crippen MR) is 85.0 cm³/mol. The maximum atomic E-state index is 12.8. The summed E-state index contributed by atoms with van der Waals surface area (Å²) in [7, 11) is 1.94. The Morgan fingerprint density at radius 3 is 2.85 bits per heavy atom. The van der Waals surface area contributed by atoms with Gasteiger partial charge in [-0.2, -0.15) is 11.8 Å². The summed E-state index contributed by atoms with van der Waals surface area (Å²) in [5.41, 5.74) is 0. The number of likely N-dealkylation sites (N-methyl/N-ethyl adjacent to an activating group) is 1. The lowest BCUT2D eigenvalue weighted by atomic mass is 9.96. The van der Waals surface area contributed by atoms with Crippen LogP contribution in [-0.4, -0.2) is 48.0 Å². The highest BCUT2D eigenvalue weighted by Gasteiger charge is 2.40. The van der Waals surface area contributed by atoms with E-state index < -0.39 is 0 Å². The standard InChI is InChI=1S/C16H28N2OS/c1-17-14-8-7-13-5-2-6-15(13)18(16(14)19)10-12-4-3-9-20-11-12/h12-15,17H,2-11H2,1H3. The Kier molecular flexibility index (Phi) is 4.92. The van der Waals surface area contributed by atoms with Crippen LogP contribution in [0.1, 0.15) is 44.9 Å². The minimum Gasteiger partial charge on any atom is -0.338 e. The second-order valence-corrected chi connectivity index (χ2v) is 7.90. The Morgan fingerprint density at radius 1 is 1.20 bits per heavy atom. The van der Waals surface area contributed by atoms with Crippen molar-refractivity contribution in [3.05, 3.63) is 0 Å². The molecule has 0 aromatic rings. The summed E-state index contributed by atoms with van der Waals surface area (Å²) < 4.78 is 0. The largest absolute Gasteiger partial charge is 0.338 e. The Balaban J connectivity index is 1.73. The van der Waals surface area contributed by atoms with Crippen LogP contribution in [0.5, 0.6) is 0 Å². The molecule has 3 aliphatic rings. The molecular formula is C16H28N2OS. The zero-order valence-corrected chi connectivity index (χ0v) is 13.5. The molecule has 2 aliphatic heterocycles. The number of fused-ring (bicyclic) bond motifs is 1. The fourth-order valence-corrected chi connectivity index (χ4v) is 5.50. The van der Waals surface area contributed by atoms with Gasteiger partial charge in [-0.1, -0.05) is 6.42 Å². The third kappa shape index (κ3) is 3.01. The van der Waals surface area contributed by atoms with Crippen LogP contribution in [0.2, 0.25) is 0 Å². The third-order valence-corrected chi connectivity index (χ3v) is 6.77. The fraction of sp³-hybridized carbons (Fsp3) is 0.938. The molecule has 3 rings (SSSR count). The first-order valence-corrected chi connectivity index (χ1v) is 9.50. The van der Waals surface area contributed by atoms with Crippen molar-refractivity contribution in [1.29, 1.82) is 0 Å². The Labute approximate surface area is 127 Å². The Morgan fingerprint density at radius 2 is 2.10 bits per heavy atom. The lowest BCUT2D eigenvalue weighted by Gasteiger charge is -2.36. The van der Waals surface area contributed by atoms with Gasteiger partial charge < -0.3 is 10.2 Å². The highest BCUT2D eigenvalue weighted by Crippen LogP contribution is 2.37. The van der Waals surface area contributed by atoms with Crippen molar-refractivity contribution in [3.63, 3.8) is 0 Å². The first kappa shape index (κ1) is 14.7. The summed E-state index contributed by atoms with van der Waals surface area (Å²) in [6.45, 7) is 1.02. The van der Waals surface area contributed by atoms with Gasteiger partial charge in [-0.05, 0) is 68.9 Å². The van der Waals surface area contributed by atoms with E-state index >= 15 is 0 Å². The SMILES string of the molecule is CNC1CCC2CCCC2N(CC2CCCSC2)C1=O. The molecule has 0 aromatic heterocycles. The number of nitrogens with zero attached hydrogens (tertiary/aromatic N) is 1. The van der Waals surface area contributed by atoms with Gasteiger partial charge in [0, 0.05) is 12.6 Å². The van der Waals surface area contributed by atoms with Crippen LogP contribution in [0, 0.1) is 11.8 Å². The first-order valence-electron chi connectivity index (χ1n) is 8.35. The second-order valence-electron chi connectivity index (χ2n) is 6.75. The van der Waals surface area contributed by atoms with Gasteiger partial charge in [0.25, 0.3) is 0 Å². The van der Waals surface area contributed by atoms with Crippen LogP contribution < -0.4 is 5.32 Å². The Bertz CT molecular complexity index is 343. The van der Waals surface area contributed by atoms with Gasteiger partial charge in [-0.3, -0.25) is 4.79 Å². The molecule has 0 bridgehead atoms. The zero-order chi connectivity index (χ0) is 13.9. The molecule has 4 atom stereocenters. The number of hydrogen-bond acceptors (Lipinski definition) is 3. The second kappa shape index (κ2) is 6.69. The van der Waals surface area contributed by atoms with Crippen molar-refractivity contribution < 1.29 is 4.79 Å². The first-order chi connectivity index (χ1) is 9.79. The van der Waals surface area contributed by atoms with E-state index in [9.17, 15) is 4.79 Å². The van der Waals surface area contributed by atoms with Crippen molar-refractivity contribution in [2.24, 2.45) is 11.8 Å². The maximum absolute atomic E-state index is 12.8. The quantitative estimate of drug-likeness (QED) is 0.868. The molecule has 3 nitrogen and oxygen atoms in total. The Hall–Kier alpha value is -0.220. The zero-order valence-electron chi connectivity index (χ0n) is 12.6. The summed E-state index contributed by atoms with van der Waals surface area (Å²) in [5.74, 6) is 4.46. The summed E-state index contributed by atoms with van der Waals surface area (Å²) in [6.07, 6.45) is 8.82. The van der Waals surface area contributed by atoms with E-state index in [1.165, 1.54) is 50.0 Å². The smallest absolute Gasteiger partial charge is 0.239 e.